The first-order valence-electron chi connectivity index (χ1n) is 3.93. The van der Waals surface area contributed by atoms with Crippen molar-refractivity contribution in [3.63, 3.8) is 0 Å². The molecule has 11 heavy (non-hydrogen) atoms. The van der Waals surface area contributed by atoms with Gasteiger partial charge in [-0.1, -0.05) is 12.8 Å². The molecule has 1 aliphatic rings. The van der Waals surface area contributed by atoms with Gasteiger partial charge in [-0.2, -0.15) is 0 Å². The fourth-order valence-corrected chi connectivity index (χ4v) is 1.31. The van der Waals surface area contributed by atoms with E-state index in [-0.39, 0.29) is 12.2 Å². The van der Waals surface area contributed by atoms with Gasteiger partial charge in [0.25, 0.3) is 0 Å². The summed E-state index contributed by atoms with van der Waals surface area (Å²) < 4.78 is 5.19. The lowest BCUT2D eigenvalue weighted by Gasteiger charge is -2.12. The average Bonchev–Trinajstić information content (AvgIpc) is 2.39. The quantitative estimate of drug-likeness (QED) is 0.676. The highest BCUT2D eigenvalue weighted by Crippen LogP contribution is 2.23. The van der Waals surface area contributed by atoms with Gasteiger partial charge in [0.1, 0.15) is 0 Å². The zero-order valence-electron chi connectivity index (χ0n) is 6.67. The molecular formula is C8H13O3. The molecule has 3 heteroatoms. The summed E-state index contributed by atoms with van der Waals surface area (Å²) in [7, 11) is 0. The van der Waals surface area contributed by atoms with Gasteiger partial charge in [-0.05, 0) is 19.8 Å². The van der Waals surface area contributed by atoms with Crippen molar-refractivity contribution in [3.05, 3.63) is 6.10 Å². The molecule has 0 unspecified atom stereocenters. The van der Waals surface area contributed by atoms with Crippen molar-refractivity contribution in [2.75, 3.05) is 0 Å². The normalized spacial score (nSPS) is 19.5. The van der Waals surface area contributed by atoms with Crippen LogP contribution in [-0.4, -0.2) is 17.2 Å². The third kappa shape index (κ3) is 2.50. The molecule has 0 atom stereocenters. The molecule has 0 spiro atoms. The summed E-state index contributed by atoms with van der Waals surface area (Å²) in [6.45, 7) is 1.50. The molecular weight excluding hydrogens is 144 g/mol. The van der Waals surface area contributed by atoms with Crippen molar-refractivity contribution in [1.29, 1.82) is 0 Å². The third-order valence-corrected chi connectivity index (χ3v) is 1.95. The first kappa shape index (κ1) is 8.53. The number of rotatable bonds is 3. The van der Waals surface area contributed by atoms with Crippen molar-refractivity contribution < 1.29 is 14.6 Å². The van der Waals surface area contributed by atoms with Crippen LogP contribution >= 0.6 is 0 Å². The summed E-state index contributed by atoms with van der Waals surface area (Å²) in [5, 5.41) is 8.48. The summed E-state index contributed by atoms with van der Waals surface area (Å²) in [6, 6.07) is 0. The number of hydrogen-bond donors (Lipinski definition) is 1. The zero-order chi connectivity index (χ0) is 8.27. The van der Waals surface area contributed by atoms with Crippen molar-refractivity contribution >= 4 is 5.97 Å². The van der Waals surface area contributed by atoms with Crippen LogP contribution in [0.4, 0.5) is 0 Å². The monoisotopic (exact) mass is 157 g/mol. The van der Waals surface area contributed by atoms with Gasteiger partial charge >= 0.3 is 5.97 Å². The van der Waals surface area contributed by atoms with Crippen LogP contribution in [0, 0.1) is 6.10 Å². The molecule has 1 rings (SSSR count). The van der Waals surface area contributed by atoms with Gasteiger partial charge in [0.05, 0.1) is 6.10 Å². The summed E-state index contributed by atoms with van der Waals surface area (Å²) in [5.41, 5.74) is 0. The third-order valence-electron chi connectivity index (χ3n) is 1.95. The molecule has 1 fully saturated rings. The minimum absolute atomic E-state index is 0.122. The standard InChI is InChI=1S/C8H13O3/c1-6(8(9)10)11-7-4-2-3-5-7/h7H,2-5H2,1H3,(H,9,10). The van der Waals surface area contributed by atoms with Crippen LogP contribution in [0.1, 0.15) is 32.6 Å². The number of carboxylic acids is 1. The molecule has 1 saturated carbocycles. The van der Waals surface area contributed by atoms with Crippen LogP contribution < -0.4 is 0 Å². The van der Waals surface area contributed by atoms with Gasteiger partial charge in [0.15, 0.2) is 0 Å². The molecule has 0 amide bonds. The molecule has 63 valence electrons. The molecule has 1 aliphatic carbocycles. The second-order valence-corrected chi connectivity index (χ2v) is 2.89. The fraction of sp³-hybridized carbons (Fsp3) is 0.750. The van der Waals surface area contributed by atoms with Crippen LogP contribution in [0.15, 0.2) is 0 Å². The summed E-state index contributed by atoms with van der Waals surface area (Å²) in [4.78, 5) is 10.3. The SMILES string of the molecule is C[C](OC1CCCC1)C(=O)O. The first-order valence-corrected chi connectivity index (χ1v) is 3.93. The van der Waals surface area contributed by atoms with Crippen LogP contribution in [0.25, 0.3) is 0 Å². The van der Waals surface area contributed by atoms with Gasteiger partial charge in [0, 0.05) is 0 Å². The Bertz CT molecular complexity index is 138. The molecule has 0 heterocycles. The summed E-state index contributed by atoms with van der Waals surface area (Å²) in [5.74, 6) is -0.947. The van der Waals surface area contributed by atoms with Crippen LogP contribution in [-0.2, 0) is 9.53 Å². The van der Waals surface area contributed by atoms with Crippen molar-refractivity contribution in [3.8, 4) is 0 Å². The molecule has 3 nitrogen and oxygen atoms in total. The lowest BCUT2D eigenvalue weighted by atomic mass is 10.3. The van der Waals surface area contributed by atoms with E-state index in [2.05, 4.69) is 0 Å². The van der Waals surface area contributed by atoms with E-state index in [1.807, 2.05) is 0 Å². The van der Waals surface area contributed by atoms with E-state index >= 15 is 0 Å². The number of aliphatic carboxylic acids is 1. The Balaban J connectivity index is 2.23. The van der Waals surface area contributed by atoms with Gasteiger partial charge in [-0.15, -0.1) is 0 Å². The maximum absolute atomic E-state index is 10.3. The molecule has 0 aromatic rings. The minimum atomic E-state index is -0.947. The van der Waals surface area contributed by atoms with Gasteiger partial charge in [-0.25, -0.2) is 4.79 Å². The molecule has 0 saturated heterocycles. The maximum Gasteiger partial charge on any atom is 0.339 e. The lowest BCUT2D eigenvalue weighted by molar-refractivity contribution is -0.142. The van der Waals surface area contributed by atoms with Crippen molar-refractivity contribution in [2.45, 2.75) is 38.7 Å². The van der Waals surface area contributed by atoms with Gasteiger partial charge in [0.2, 0.25) is 6.10 Å². The molecule has 1 radical (unpaired) electrons. The molecule has 0 bridgehead atoms. The Hall–Kier alpha value is -0.570. The van der Waals surface area contributed by atoms with E-state index in [1.165, 1.54) is 6.92 Å². The number of carboxylic acid groups (broad SMARTS) is 1. The summed E-state index contributed by atoms with van der Waals surface area (Å²) >= 11 is 0. The lowest BCUT2D eigenvalue weighted by Crippen LogP contribution is -2.17. The second-order valence-electron chi connectivity index (χ2n) is 2.89. The van der Waals surface area contributed by atoms with Crippen molar-refractivity contribution in [1.82, 2.24) is 0 Å². The van der Waals surface area contributed by atoms with E-state index in [9.17, 15) is 4.79 Å². The van der Waals surface area contributed by atoms with E-state index < -0.39 is 5.97 Å². The Morgan fingerprint density at radius 1 is 1.45 bits per heavy atom. The van der Waals surface area contributed by atoms with Gasteiger partial charge < -0.3 is 9.84 Å². The minimum Gasteiger partial charge on any atom is -0.479 e. The number of carbonyl (C=O) groups is 1. The van der Waals surface area contributed by atoms with E-state index in [1.54, 1.807) is 0 Å². The number of hydrogen-bond acceptors (Lipinski definition) is 2. The Morgan fingerprint density at radius 3 is 2.45 bits per heavy atom. The van der Waals surface area contributed by atoms with E-state index in [0.29, 0.717) is 0 Å². The molecule has 1 N–H and O–H groups in total. The van der Waals surface area contributed by atoms with Crippen LogP contribution in [0.3, 0.4) is 0 Å². The fourth-order valence-electron chi connectivity index (χ4n) is 1.31. The van der Waals surface area contributed by atoms with Crippen LogP contribution in [0.2, 0.25) is 0 Å². The Labute approximate surface area is 66.4 Å². The van der Waals surface area contributed by atoms with Crippen molar-refractivity contribution in [2.24, 2.45) is 0 Å². The predicted octanol–water partition coefficient (Wildman–Crippen LogP) is 1.58. The van der Waals surface area contributed by atoms with Crippen LogP contribution in [0.5, 0.6) is 0 Å². The number of ether oxygens (including phenoxy) is 1. The topological polar surface area (TPSA) is 46.5 Å². The Kier molecular flexibility index (Phi) is 2.88. The Morgan fingerprint density at radius 2 is 2.00 bits per heavy atom. The molecule has 0 aromatic carbocycles. The largest absolute Gasteiger partial charge is 0.479 e. The van der Waals surface area contributed by atoms with Gasteiger partial charge in [-0.3, -0.25) is 0 Å². The molecule has 0 aromatic heterocycles. The smallest absolute Gasteiger partial charge is 0.339 e. The second kappa shape index (κ2) is 3.72. The zero-order valence-corrected chi connectivity index (χ0v) is 6.67. The molecule has 0 aliphatic heterocycles. The van der Waals surface area contributed by atoms with E-state index in [4.69, 9.17) is 9.84 Å². The average molecular weight is 157 g/mol. The highest BCUT2D eigenvalue weighted by atomic mass is 16.5. The van der Waals surface area contributed by atoms with E-state index in [0.717, 1.165) is 25.7 Å². The predicted molar refractivity (Wildman–Crippen MR) is 39.9 cm³/mol. The highest BCUT2D eigenvalue weighted by Gasteiger charge is 2.22. The maximum atomic E-state index is 10.3. The summed E-state index contributed by atoms with van der Waals surface area (Å²) in [6.07, 6.45) is 4.62. The first-order chi connectivity index (χ1) is 5.20. The highest BCUT2D eigenvalue weighted by molar-refractivity contribution is 5.79.